The molecule has 0 saturated heterocycles. The molecule has 1 heterocycles. The molecule has 1 fully saturated rings. The van der Waals surface area contributed by atoms with Gasteiger partial charge in [-0.25, -0.2) is 0 Å². The van der Waals surface area contributed by atoms with E-state index in [1.807, 2.05) is 11.4 Å². The van der Waals surface area contributed by atoms with Crippen LogP contribution in [0.3, 0.4) is 0 Å². The lowest BCUT2D eigenvalue weighted by molar-refractivity contribution is 0.112. The molecule has 80 valence electrons. The Kier molecular flexibility index (Phi) is 3.73. The lowest BCUT2D eigenvalue weighted by atomic mass is 9.89. The monoisotopic (exact) mass is 220 g/mol. The topological polar surface area (TPSA) is 17.1 Å². The molecule has 2 rings (SSSR count). The molecule has 1 aromatic rings. The minimum atomic E-state index is 0.762. The average molecular weight is 220 g/mol. The fourth-order valence-corrected chi connectivity index (χ4v) is 2.77. The largest absolute Gasteiger partial charge is 0.297 e. The molecule has 0 amide bonds. The maximum atomic E-state index is 10.5. The molecule has 1 aromatic heterocycles. The summed E-state index contributed by atoms with van der Waals surface area (Å²) in [6.45, 7) is 0. The van der Waals surface area contributed by atoms with E-state index in [2.05, 4.69) is 12.2 Å². The zero-order valence-corrected chi connectivity index (χ0v) is 9.63. The first kappa shape index (κ1) is 10.6. The first-order chi connectivity index (χ1) is 7.38. The fourth-order valence-electron chi connectivity index (χ4n) is 2.09. The van der Waals surface area contributed by atoms with Gasteiger partial charge in [-0.1, -0.05) is 31.4 Å². The second kappa shape index (κ2) is 5.26. The van der Waals surface area contributed by atoms with Crippen LogP contribution in [0.25, 0.3) is 6.08 Å². The quantitative estimate of drug-likeness (QED) is 0.699. The molecule has 2 heteroatoms. The van der Waals surface area contributed by atoms with Crippen LogP contribution in [-0.4, -0.2) is 6.29 Å². The Bertz CT molecular complexity index is 345. The van der Waals surface area contributed by atoms with Crippen molar-refractivity contribution < 1.29 is 4.79 Å². The van der Waals surface area contributed by atoms with Crippen LogP contribution in [0.5, 0.6) is 0 Å². The average Bonchev–Trinajstić information content (AvgIpc) is 2.76. The Morgan fingerprint density at radius 3 is 2.73 bits per heavy atom. The van der Waals surface area contributed by atoms with Crippen LogP contribution in [0.2, 0.25) is 0 Å². The minimum absolute atomic E-state index is 0.762. The maximum absolute atomic E-state index is 10.5. The molecule has 15 heavy (non-hydrogen) atoms. The third-order valence-corrected chi connectivity index (χ3v) is 3.84. The molecule has 0 spiro atoms. The number of aldehydes is 1. The van der Waals surface area contributed by atoms with E-state index in [1.165, 1.54) is 49.0 Å². The minimum Gasteiger partial charge on any atom is -0.297 e. The molecule has 1 aliphatic rings. The van der Waals surface area contributed by atoms with Crippen molar-refractivity contribution in [3.05, 3.63) is 28.0 Å². The van der Waals surface area contributed by atoms with Crippen molar-refractivity contribution in [3.63, 3.8) is 0 Å². The van der Waals surface area contributed by atoms with Gasteiger partial charge in [0.25, 0.3) is 0 Å². The summed E-state index contributed by atoms with van der Waals surface area (Å²) >= 11 is 1.52. The van der Waals surface area contributed by atoms with Gasteiger partial charge in [-0.05, 0) is 35.8 Å². The van der Waals surface area contributed by atoms with Crippen LogP contribution in [0.1, 0.15) is 47.3 Å². The van der Waals surface area contributed by atoms with E-state index in [1.54, 1.807) is 0 Å². The van der Waals surface area contributed by atoms with Crippen molar-refractivity contribution in [2.45, 2.75) is 32.1 Å². The molecular formula is C13H16OS. The van der Waals surface area contributed by atoms with Crippen molar-refractivity contribution in [1.29, 1.82) is 0 Å². The Morgan fingerprint density at radius 2 is 2.07 bits per heavy atom. The Labute approximate surface area is 94.8 Å². The van der Waals surface area contributed by atoms with Crippen LogP contribution < -0.4 is 0 Å². The van der Waals surface area contributed by atoms with Crippen LogP contribution >= 0.6 is 11.3 Å². The first-order valence-corrected chi connectivity index (χ1v) is 6.48. The summed E-state index contributed by atoms with van der Waals surface area (Å²) in [5.41, 5.74) is 1.17. The van der Waals surface area contributed by atoms with E-state index in [4.69, 9.17) is 0 Å². The molecule has 0 bridgehead atoms. The second-order valence-corrected chi connectivity index (χ2v) is 5.10. The lowest BCUT2D eigenvalue weighted by Gasteiger charge is -2.17. The van der Waals surface area contributed by atoms with Gasteiger partial charge in [0.15, 0.2) is 6.29 Å². The highest BCUT2D eigenvalue weighted by molar-refractivity contribution is 7.11. The lowest BCUT2D eigenvalue weighted by Crippen LogP contribution is -2.02. The number of carbonyl (C=O) groups excluding carboxylic acids is 1. The summed E-state index contributed by atoms with van der Waals surface area (Å²) in [5, 5.41) is 2.04. The number of carbonyl (C=O) groups is 1. The van der Waals surface area contributed by atoms with E-state index < -0.39 is 0 Å². The fraction of sp³-hybridized carbons (Fsp3) is 0.462. The molecule has 0 aliphatic heterocycles. The van der Waals surface area contributed by atoms with Crippen LogP contribution in [-0.2, 0) is 0 Å². The van der Waals surface area contributed by atoms with Gasteiger partial charge in [-0.3, -0.25) is 4.79 Å². The smallest absolute Gasteiger partial charge is 0.160 e. The summed E-state index contributed by atoms with van der Waals surface area (Å²) in [7, 11) is 0. The summed E-state index contributed by atoms with van der Waals surface area (Å²) in [4.78, 5) is 11.3. The molecule has 0 atom stereocenters. The van der Waals surface area contributed by atoms with Crippen molar-refractivity contribution in [1.82, 2.24) is 0 Å². The molecule has 0 N–H and O–H groups in total. The van der Waals surface area contributed by atoms with E-state index in [-0.39, 0.29) is 0 Å². The van der Waals surface area contributed by atoms with Crippen LogP contribution in [0, 0.1) is 5.92 Å². The number of rotatable bonds is 3. The van der Waals surface area contributed by atoms with Gasteiger partial charge in [0, 0.05) is 0 Å². The molecule has 1 saturated carbocycles. The highest BCUT2D eigenvalue weighted by Crippen LogP contribution is 2.25. The van der Waals surface area contributed by atoms with E-state index in [0.717, 1.165) is 17.1 Å². The SMILES string of the molecule is O=Cc1cc(C=CC2CCCCC2)cs1. The van der Waals surface area contributed by atoms with Crippen molar-refractivity contribution in [2.24, 2.45) is 5.92 Å². The van der Waals surface area contributed by atoms with Gasteiger partial charge in [0.05, 0.1) is 4.88 Å². The number of hydrogen-bond acceptors (Lipinski definition) is 2. The number of allylic oxidation sites excluding steroid dienone is 1. The molecule has 0 aromatic carbocycles. The highest BCUT2D eigenvalue weighted by atomic mass is 32.1. The van der Waals surface area contributed by atoms with E-state index in [9.17, 15) is 4.79 Å². The van der Waals surface area contributed by atoms with Gasteiger partial charge >= 0.3 is 0 Å². The predicted molar refractivity (Wildman–Crippen MR) is 65.3 cm³/mol. The zero-order chi connectivity index (χ0) is 10.5. The number of hydrogen-bond donors (Lipinski definition) is 0. The van der Waals surface area contributed by atoms with Gasteiger partial charge in [0.1, 0.15) is 0 Å². The van der Waals surface area contributed by atoms with Gasteiger partial charge in [0.2, 0.25) is 0 Å². The van der Waals surface area contributed by atoms with Crippen molar-refractivity contribution in [3.8, 4) is 0 Å². The highest BCUT2D eigenvalue weighted by Gasteiger charge is 2.09. The summed E-state index contributed by atoms with van der Waals surface area (Å²) < 4.78 is 0. The normalized spacial score (nSPS) is 18.4. The number of thiophene rings is 1. The molecular weight excluding hydrogens is 204 g/mol. The molecule has 0 radical (unpaired) electrons. The summed E-state index contributed by atoms with van der Waals surface area (Å²) in [6, 6.07) is 1.96. The predicted octanol–water partition coefficient (Wildman–Crippen LogP) is 4.15. The Morgan fingerprint density at radius 1 is 1.27 bits per heavy atom. The van der Waals surface area contributed by atoms with Crippen LogP contribution in [0.4, 0.5) is 0 Å². The zero-order valence-electron chi connectivity index (χ0n) is 8.82. The van der Waals surface area contributed by atoms with Gasteiger partial charge in [-0.2, -0.15) is 0 Å². The standard InChI is InChI=1S/C13H16OS/c14-9-13-8-12(10-15-13)7-6-11-4-2-1-3-5-11/h6-11H,1-5H2. The van der Waals surface area contributed by atoms with Crippen molar-refractivity contribution >= 4 is 23.7 Å². The Hall–Kier alpha value is -0.890. The maximum Gasteiger partial charge on any atom is 0.160 e. The second-order valence-electron chi connectivity index (χ2n) is 4.16. The summed E-state index contributed by atoms with van der Waals surface area (Å²) in [6.07, 6.45) is 12.2. The van der Waals surface area contributed by atoms with Gasteiger partial charge in [-0.15, -0.1) is 11.3 Å². The summed E-state index contributed by atoms with van der Waals surface area (Å²) in [5.74, 6) is 0.762. The molecule has 1 nitrogen and oxygen atoms in total. The first-order valence-electron chi connectivity index (χ1n) is 5.60. The third kappa shape index (κ3) is 3.03. The van der Waals surface area contributed by atoms with Gasteiger partial charge < -0.3 is 0 Å². The van der Waals surface area contributed by atoms with Crippen LogP contribution in [0.15, 0.2) is 17.5 Å². The molecule has 1 aliphatic carbocycles. The van der Waals surface area contributed by atoms with E-state index >= 15 is 0 Å². The van der Waals surface area contributed by atoms with Crippen molar-refractivity contribution in [2.75, 3.05) is 0 Å². The third-order valence-electron chi connectivity index (χ3n) is 2.97. The van der Waals surface area contributed by atoms with E-state index in [0.29, 0.717) is 0 Å². The molecule has 0 unspecified atom stereocenters. The Balaban J connectivity index is 1.94.